The van der Waals surface area contributed by atoms with Gasteiger partial charge in [-0.3, -0.25) is 9.59 Å². The van der Waals surface area contributed by atoms with Crippen LogP contribution in [0.3, 0.4) is 0 Å². The Bertz CT molecular complexity index is 373. The van der Waals surface area contributed by atoms with Crippen LogP contribution in [0.1, 0.15) is 32.1 Å². The minimum absolute atomic E-state index is 0.0423. The van der Waals surface area contributed by atoms with Crippen LogP contribution in [0.2, 0.25) is 0 Å². The molecule has 1 aliphatic carbocycles. The monoisotopic (exact) mass is 265 g/mol. The normalized spacial score (nSPS) is 31.2. The van der Waals surface area contributed by atoms with Gasteiger partial charge in [-0.1, -0.05) is 0 Å². The van der Waals surface area contributed by atoms with Crippen LogP contribution in [-0.2, 0) is 9.59 Å². The SMILES string of the molecule is CN1CCC(N2CCC(=O)NC(C3CC3)C2=O)CC1. The summed E-state index contributed by atoms with van der Waals surface area (Å²) in [7, 11) is 2.12. The molecule has 3 rings (SSSR count). The summed E-state index contributed by atoms with van der Waals surface area (Å²) in [5, 5.41) is 2.93. The number of piperidine rings is 1. The van der Waals surface area contributed by atoms with Crippen LogP contribution in [0, 0.1) is 5.92 Å². The van der Waals surface area contributed by atoms with Gasteiger partial charge >= 0.3 is 0 Å². The van der Waals surface area contributed by atoms with Crippen LogP contribution >= 0.6 is 0 Å². The van der Waals surface area contributed by atoms with Crippen molar-refractivity contribution < 1.29 is 9.59 Å². The lowest BCUT2D eigenvalue weighted by molar-refractivity contribution is -0.137. The van der Waals surface area contributed by atoms with Gasteiger partial charge in [-0.05, 0) is 51.7 Å². The van der Waals surface area contributed by atoms with Gasteiger partial charge in [0.25, 0.3) is 0 Å². The Labute approximate surface area is 114 Å². The fraction of sp³-hybridized carbons (Fsp3) is 0.857. The van der Waals surface area contributed by atoms with Gasteiger partial charge in [0.05, 0.1) is 0 Å². The van der Waals surface area contributed by atoms with Crippen LogP contribution in [0.15, 0.2) is 0 Å². The summed E-state index contributed by atoms with van der Waals surface area (Å²) in [4.78, 5) is 28.7. The molecule has 1 saturated carbocycles. The van der Waals surface area contributed by atoms with E-state index in [2.05, 4.69) is 17.3 Å². The maximum Gasteiger partial charge on any atom is 0.245 e. The zero-order chi connectivity index (χ0) is 13.4. The van der Waals surface area contributed by atoms with E-state index in [9.17, 15) is 9.59 Å². The zero-order valence-electron chi connectivity index (χ0n) is 11.6. The zero-order valence-corrected chi connectivity index (χ0v) is 11.6. The summed E-state index contributed by atoms with van der Waals surface area (Å²) in [6.45, 7) is 2.69. The number of carbonyl (C=O) groups excluding carboxylic acids is 2. The predicted molar refractivity (Wildman–Crippen MR) is 71.5 cm³/mol. The molecule has 2 saturated heterocycles. The Kier molecular flexibility index (Phi) is 3.48. The molecule has 1 N–H and O–H groups in total. The Hall–Kier alpha value is -1.10. The first kappa shape index (κ1) is 12.9. The van der Waals surface area contributed by atoms with Crippen LogP contribution < -0.4 is 5.32 Å². The second kappa shape index (κ2) is 5.12. The lowest BCUT2D eigenvalue weighted by atomic mass is 10.0. The fourth-order valence-corrected chi connectivity index (χ4v) is 3.24. The summed E-state index contributed by atoms with van der Waals surface area (Å²) in [6, 6.07) is 0.0901. The average molecular weight is 265 g/mol. The Morgan fingerprint density at radius 2 is 1.74 bits per heavy atom. The molecule has 5 heteroatoms. The van der Waals surface area contributed by atoms with Crippen molar-refractivity contribution in [3.05, 3.63) is 0 Å². The molecule has 3 fully saturated rings. The Morgan fingerprint density at radius 1 is 1.05 bits per heavy atom. The van der Waals surface area contributed by atoms with Crippen LogP contribution in [-0.4, -0.2) is 60.4 Å². The summed E-state index contributed by atoms with van der Waals surface area (Å²) in [5.74, 6) is 0.604. The third-order valence-corrected chi connectivity index (χ3v) is 4.67. The van der Waals surface area contributed by atoms with Crippen LogP contribution in [0.5, 0.6) is 0 Å². The summed E-state index contributed by atoms with van der Waals surface area (Å²) in [6.07, 6.45) is 4.69. The topological polar surface area (TPSA) is 52.6 Å². The number of nitrogens with zero attached hydrogens (tertiary/aromatic N) is 2. The molecular formula is C14H23N3O2. The molecule has 1 atom stereocenters. The van der Waals surface area contributed by atoms with E-state index >= 15 is 0 Å². The Morgan fingerprint density at radius 3 is 2.37 bits per heavy atom. The number of likely N-dealkylation sites (tertiary alicyclic amines) is 1. The minimum atomic E-state index is -0.241. The van der Waals surface area contributed by atoms with E-state index in [4.69, 9.17) is 0 Å². The second-order valence-electron chi connectivity index (χ2n) is 6.20. The number of carbonyl (C=O) groups is 2. The molecule has 106 valence electrons. The van der Waals surface area contributed by atoms with Crippen molar-refractivity contribution >= 4 is 11.8 Å². The maximum atomic E-state index is 12.7. The van der Waals surface area contributed by atoms with E-state index in [-0.39, 0.29) is 17.9 Å². The molecule has 2 aliphatic heterocycles. The summed E-state index contributed by atoms with van der Waals surface area (Å²) >= 11 is 0. The quantitative estimate of drug-likeness (QED) is 0.776. The molecule has 1 unspecified atom stereocenters. The van der Waals surface area contributed by atoms with Crippen molar-refractivity contribution in [3.63, 3.8) is 0 Å². The van der Waals surface area contributed by atoms with Gasteiger partial charge in [-0.15, -0.1) is 0 Å². The standard InChI is InChI=1S/C14H23N3O2/c1-16-7-4-11(5-8-16)17-9-6-12(18)15-13(14(17)19)10-2-3-10/h10-11,13H,2-9H2,1H3,(H,15,18). The number of rotatable bonds is 2. The third kappa shape index (κ3) is 2.76. The van der Waals surface area contributed by atoms with E-state index < -0.39 is 0 Å². The second-order valence-corrected chi connectivity index (χ2v) is 6.20. The number of hydrogen-bond acceptors (Lipinski definition) is 3. The lowest BCUT2D eigenvalue weighted by Crippen LogP contribution is -2.52. The molecule has 2 amide bonds. The number of hydrogen-bond donors (Lipinski definition) is 1. The minimum Gasteiger partial charge on any atom is -0.344 e. The highest BCUT2D eigenvalue weighted by Crippen LogP contribution is 2.35. The van der Waals surface area contributed by atoms with Gasteiger partial charge in [0, 0.05) is 19.0 Å². The molecule has 0 aromatic rings. The van der Waals surface area contributed by atoms with Crippen LogP contribution in [0.4, 0.5) is 0 Å². The first-order valence-electron chi connectivity index (χ1n) is 7.43. The summed E-state index contributed by atoms with van der Waals surface area (Å²) in [5.41, 5.74) is 0. The molecular weight excluding hydrogens is 242 g/mol. The van der Waals surface area contributed by atoms with Gasteiger partial charge in [0.15, 0.2) is 0 Å². The van der Waals surface area contributed by atoms with Crippen LogP contribution in [0.25, 0.3) is 0 Å². The highest BCUT2D eigenvalue weighted by molar-refractivity contribution is 5.90. The highest BCUT2D eigenvalue weighted by atomic mass is 16.2. The third-order valence-electron chi connectivity index (χ3n) is 4.67. The van der Waals surface area contributed by atoms with Crippen molar-refractivity contribution in [2.24, 2.45) is 5.92 Å². The molecule has 0 aromatic carbocycles. The van der Waals surface area contributed by atoms with E-state index in [1.54, 1.807) is 0 Å². The predicted octanol–water partition coefficient (Wildman–Crippen LogP) is 0.208. The molecule has 0 bridgehead atoms. The molecule has 0 spiro atoms. The lowest BCUT2D eigenvalue weighted by Gasteiger charge is -2.37. The first-order valence-corrected chi connectivity index (χ1v) is 7.43. The fourth-order valence-electron chi connectivity index (χ4n) is 3.24. The van der Waals surface area contributed by atoms with Gasteiger partial charge in [-0.2, -0.15) is 0 Å². The van der Waals surface area contributed by atoms with Crippen molar-refractivity contribution in [3.8, 4) is 0 Å². The van der Waals surface area contributed by atoms with E-state index in [1.165, 1.54) is 0 Å². The van der Waals surface area contributed by atoms with Crippen molar-refractivity contribution in [1.29, 1.82) is 0 Å². The molecule has 2 heterocycles. The molecule has 5 nitrogen and oxygen atoms in total. The van der Waals surface area contributed by atoms with Gasteiger partial charge in [0.2, 0.25) is 11.8 Å². The molecule has 3 aliphatic rings. The van der Waals surface area contributed by atoms with Gasteiger partial charge < -0.3 is 15.1 Å². The first-order chi connectivity index (χ1) is 9.15. The largest absolute Gasteiger partial charge is 0.344 e. The highest BCUT2D eigenvalue weighted by Gasteiger charge is 2.42. The van der Waals surface area contributed by atoms with E-state index in [0.717, 1.165) is 38.8 Å². The number of amides is 2. The molecule has 0 aromatic heterocycles. The number of nitrogens with one attached hydrogen (secondary N) is 1. The van der Waals surface area contributed by atoms with Gasteiger partial charge in [-0.25, -0.2) is 0 Å². The van der Waals surface area contributed by atoms with Crippen molar-refractivity contribution in [2.45, 2.75) is 44.2 Å². The van der Waals surface area contributed by atoms with E-state index in [1.807, 2.05) is 4.90 Å². The Balaban J connectivity index is 1.71. The summed E-state index contributed by atoms with van der Waals surface area (Å²) < 4.78 is 0. The average Bonchev–Trinajstić information content (AvgIpc) is 3.21. The maximum absolute atomic E-state index is 12.7. The van der Waals surface area contributed by atoms with E-state index in [0.29, 0.717) is 24.9 Å². The smallest absolute Gasteiger partial charge is 0.245 e. The van der Waals surface area contributed by atoms with Crippen molar-refractivity contribution in [1.82, 2.24) is 15.1 Å². The molecule has 0 radical (unpaired) electrons. The van der Waals surface area contributed by atoms with Gasteiger partial charge in [0.1, 0.15) is 6.04 Å². The molecule has 19 heavy (non-hydrogen) atoms. The van der Waals surface area contributed by atoms with Crippen molar-refractivity contribution in [2.75, 3.05) is 26.7 Å².